The smallest absolute Gasteiger partial charge is 0.255 e. The molecule has 6 nitrogen and oxygen atoms in total. The van der Waals surface area contributed by atoms with Crippen LogP contribution in [0.4, 0.5) is 5.69 Å². The van der Waals surface area contributed by atoms with E-state index >= 15 is 0 Å². The van der Waals surface area contributed by atoms with Crippen molar-refractivity contribution in [3.05, 3.63) is 59.7 Å². The molecule has 0 aliphatic carbocycles. The van der Waals surface area contributed by atoms with E-state index in [1.165, 1.54) is 0 Å². The average Bonchev–Trinajstić information content (AvgIpc) is 2.74. The highest BCUT2D eigenvalue weighted by molar-refractivity contribution is 6.04. The minimum Gasteiger partial charge on any atom is -0.497 e. The van der Waals surface area contributed by atoms with Gasteiger partial charge in [-0.25, -0.2) is 0 Å². The van der Waals surface area contributed by atoms with Crippen molar-refractivity contribution in [1.29, 1.82) is 0 Å². The van der Waals surface area contributed by atoms with Gasteiger partial charge >= 0.3 is 0 Å². The van der Waals surface area contributed by atoms with Crippen LogP contribution in [-0.4, -0.2) is 68.6 Å². The number of piperazine rings is 1. The van der Waals surface area contributed by atoms with Crippen LogP contribution in [0.2, 0.25) is 0 Å². The molecule has 3 rings (SSSR count). The maximum Gasteiger partial charge on any atom is 0.255 e. The fraction of sp³-hybridized carbons (Fsp3) is 0.435. The lowest BCUT2D eigenvalue weighted by molar-refractivity contribution is 0.102. The number of rotatable bonds is 8. The van der Waals surface area contributed by atoms with Crippen LogP contribution in [0.3, 0.4) is 0 Å². The van der Waals surface area contributed by atoms with Crippen molar-refractivity contribution >= 4 is 11.6 Å². The van der Waals surface area contributed by atoms with Crippen LogP contribution in [0.15, 0.2) is 48.5 Å². The Bertz CT molecular complexity index is 786. The molecular weight excluding hydrogens is 364 g/mol. The number of likely N-dealkylation sites (N-methyl/N-ethyl adjacent to an activating group) is 1. The zero-order chi connectivity index (χ0) is 20.6. The van der Waals surface area contributed by atoms with E-state index in [2.05, 4.69) is 40.5 Å². The van der Waals surface area contributed by atoms with Gasteiger partial charge < -0.3 is 20.3 Å². The summed E-state index contributed by atoms with van der Waals surface area (Å²) in [6.45, 7) is 8.55. The number of ether oxygens (including phenoxy) is 1. The van der Waals surface area contributed by atoms with Gasteiger partial charge in [0, 0.05) is 56.6 Å². The summed E-state index contributed by atoms with van der Waals surface area (Å²) in [7, 11) is 3.79. The summed E-state index contributed by atoms with van der Waals surface area (Å²) < 4.78 is 5.14. The van der Waals surface area contributed by atoms with Crippen molar-refractivity contribution in [2.24, 2.45) is 0 Å². The number of hydrogen-bond acceptors (Lipinski definition) is 5. The van der Waals surface area contributed by atoms with Gasteiger partial charge in [-0.05, 0) is 55.9 Å². The van der Waals surface area contributed by atoms with E-state index in [1.54, 1.807) is 31.4 Å². The lowest BCUT2D eigenvalue weighted by Crippen LogP contribution is -2.50. The predicted octanol–water partition coefficient (Wildman–Crippen LogP) is 2.67. The third kappa shape index (κ3) is 6.29. The van der Waals surface area contributed by atoms with Crippen molar-refractivity contribution in [1.82, 2.24) is 15.1 Å². The van der Waals surface area contributed by atoms with E-state index in [0.717, 1.165) is 56.3 Å². The molecule has 1 unspecified atom stereocenters. The molecule has 2 N–H and O–H groups in total. The van der Waals surface area contributed by atoms with Crippen LogP contribution in [0.5, 0.6) is 5.75 Å². The van der Waals surface area contributed by atoms with Gasteiger partial charge in [-0.3, -0.25) is 9.69 Å². The SMILES string of the molecule is COc1ccc(C(=O)Nc2cccc(CNCC(C)N3CCN(C)CC3)c2)cc1. The summed E-state index contributed by atoms with van der Waals surface area (Å²) in [6.07, 6.45) is 0. The first-order valence-corrected chi connectivity index (χ1v) is 10.2. The fourth-order valence-corrected chi connectivity index (χ4v) is 3.52. The molecule has 0 aromatic heterocycles. The Morgan fingerprint density at radius 3 is 2.52 bits per heavy atom. The summed E-state index contributed by atoms with van der Waals surface area (Å²) in [5.41, 5.74) is 2.57. The van der Waals surface area contributed by atoms with Crippen LogP contribution >= 0.6 is 0 Å². The maximum atomic E-state index is 12.5. The normalized spacial score (nSPS) is 16.4. The zero-order valence-corrected chi connectivity index (χ0v) is 17.6. The van der Waals surface area contributed by atoms with E-state index in [-0.39, 0.29) is 5.91 Å². The van der Waals surface area contributed by atoms with Crippen LogP contribution < -0.4 is 15.4 Å². The fourth-order valence-electron chi connectivity index (χ4n) is 3.52. The quantitative estimate of drug-likeness (QED) is 0.719. The van der Waals surface area contributed by atoms with Gasteiger partial charge in [0.05, 0.1) is 7.11 Å². The second-order valence-corrected chi connectivity index (χ2v) is 7.70. The molecule has 1 saturated heterocycles. The van der Waals surface area contributed by atoms with Crippen molar-refractivity contribution in [2.45, 2.75) is 19.5 Å². The molecule has 0 bridgehead atoms. The topological polar surface area (TPSA) is 56.8 Å². The van der Waals surface area contributed by atoms with Crippen molar-refractivity contribution in [2.75, 3.05) is 52.2 Å². The van der Waals surface area contributed by atoms with E-state index in [9.17, 15) is 4.79 Å². The maximum absolute atomic E-state index is 12.5. The van der Waals surface area contributed by atoms with E-state index < -0.39 is 0 Å². The van der Waals surface area contributed by atoms with Gasteiger partial charge in [0.25, 0.3) is 5.91 Å². The minimum atomic E-state index is -0.124. The first kappa shape index (κ1) is 21.3. The number of hydrogen-bond donors (Lipinski definition) is 2. The minimum absolute atomic E-state index is 0.124. The number of benzene rings is 2. The molecule has 1 amide bonds. The number of amides is 1. The third-order valence-corrected chi connectivity index (χ3v) is 5.47. The Hall–Kier alpha value is -2.41. The molecule has 156 valence electrons. The average molecular weight is 397 g/mol. The molecule has 2 aromatic rings. The predicted molar refractivity (Wildman–Crippen MR) is 118 cm³/mol. The Balaban J connectivity index is 1.48. The summed E-state index contributed by atoms with van der Waals surface area (Å²) in [5, 5.41) is 6.52. The van der Waals surface area contributed by atoms with Gasteiger partial charge in [-0.15, -0.1) is 0 Å². The number of nitrogens with one attached hydrogen (secondary N) is 2. The monoisotopic (exact) mass is 396 g/mol. The highest BCUT2D eigenvalue weighted by Crippen LogP contribution is 2.15. The van der Waals surface area contributed by atoms with Crippen LogP contribution in [0.1, 0.15) is 22.8 Å². The Labute approximate surface area is 173 Å². The lowest BCUT2D eigenvalue weighted by atomic mass is 10.1. The van der Waals surface area contributed by atoms with Crippen molar-refractivity contribution in [3.63, 3.8) is 0 Å². The van der Waals surface area contributed by atoms with Crippen LogP contribution in [-0.2, 0) is 6.54 Å². The third-order valence-electron chi connectivity index (χ3n) is 5.47. The summed E-state index contributed by atoms with van der Waals surface area (Å²) in [5.74, 6) is 0.613. The van der Waals surface area contributed by atoms with E-state index in [0.29, 0.717) is 11.6 Å². The van der Waals surface area contributed by atoms with Gasteiger partial charge in [0.2, 0.25) is 0 Å². The first-order chi connectivity index (χ1) is 14.0. The highest BCUT2D eigenvalue weighted by atomic mass is 16.5. The second-order valence-electron chi connectivity index (χ2n) is 7.70. The zero-order valence-electron chi connectivity index (χ0n) is 17.6. The second kappa shape index (κ2) is 10.4. The van der Waals surface area contributed by atoms with Gasteiger partial charge in [-0.1, -0.05) is 12.1 Å². The van der Waals surface area contributed by atoms with Gasteiger partial charge in [0.15, 0.2) is 0 Å². The Morgan fingerprint density at radius 2 is 1.83 bits per heavy atom. The molecule has 1 aliphatic rings. The number of carbonyl (C=O) groups is 1. The number of anilines is 1. The van der Waals surface area contributed by atoms with Gasteiger partial charge in [0.1, 0.15) is 5.75 Å². The first-order valence-electron chi connectivity index (χ1n) is 10.2. The molecule has 29 heavy (non-hydrogen) atoms. The number of methoxy groups -OCH3 is 1. The number of nitrogens with zero attached hydrogens (tertiary/aromatic N) is 2. The standard InChI is InChI=1S/C23H32N4O2/c1-18(27-13-11-26(2)12-14-27)16-24-17-19-5-4-6-21(15-19)25-23(28)20-7-9-22(29-3)10-8-20/h4-10,15,18,24H,11-14,16-17H2,1-3H3,(H,25,28). The van der Waals surface area contributed by atoms with Crippen molar-refractivity contribution < 1.29 is 9.53 Å². The molecule has 0 radical (unpaired) electrons. The molecule has 2 aromatic carbocycles. The largest absolute Gasteiger partial charge is 0.497 e. The highest BCUT2D eigenvalue weighted by Gasteiger charge is 2.18. The van der Waals surface area contributed by atoms with Gasteiger partial charge in [-0.2, -0.15) is 0 Å². The molecule has 1 heterocycles. The Morgan fingerprint density at radius 1 is 1.10 bits per heavy atom. The molecule has 1 fully saturated rings. The molecule has 6 heteroatoms. The van der Waals surface area contributed by atoms with E-state index in [4.69, 9.17) is 4.74 Å². The summed E-state index contributed by atoms with van der Waals surface area (Å²) in [4.78, 5) is 17.4. The number of carbonyl (C=O) groups excluding carboxylic acids is 1. The van der Waals surface area contributed by atoms with Crippen LogP contribution in [0.25, 0.3) is 0 Å². The molecule has 0 spiro atoms. The molecular formula is C23H32N4O2. The summed E-state index contributed by atoms with van der Waals surface area (Å²) in [6, 6.07) is 15.6. The molecule has 0 saturated carbocycles. The van der Waals surface area contributed by atoms with E-state index in [1.807, 2.05) is 18.2 Å². The molecule has 1 atom stereocenters. The molecule has 1 aliphatic heterocycles. The summed E-state index contributed by atoms with van der Waals surface area (Å²) >= 11 is 0. The lowest BCUT2D eigenvalue weighted by Gasteiger charge is -2.36. The van der Waals surface area contributed by atoms with Crippen molar-refractivity contribution in [3.8, 4) is 5.75 Å². The van der Waals surface area contributed by atoms with Crippen LogP contribution in [0, 0.1) is 0 Å². The Kier molecular flexibility index (Phi) is 7.63.